The van der Waals surface area contributed by atoms with E-state index < -0.39 is 10.6 Å². The lowest BCUT2D eigenvalue weighted by atomic mass is 10.3. The smallest absolute Gasteiger partial charge is 0.305 e. The number of amides is 1. The number of ether oxygens (including phenoxy) is 1. The van der Waals surface area contributed by atoms with Gasteiger partial charge in [0.05, 0.1) is 11.2 Å². The molecule has 0 aliphatic carbocycles. The Kier molecular flexibility index (Phi) is 4.58. The number of furan rings is 1. The van der Waals surface area contributed by atoms with Crippen molar-refractivity contribution in [2.45, 2.75) is 0 Å². The Hall–Kier alpha value is -4.19. The van der Waals surface area contributed by atoms with Crippen molar-refractivity contribution in [3.63, 3.8) is 0 Å². The zero-order chi connectivity index (χ0) is 18.5. The fraction of sp³-hybridized carbons (Fsp3) is 0. The Morgan fingerprint density at radius 2 is 2.00 bits per heavy atom. The highest BCUT2D eigenvalue weighted by atomic mass is 16.6. The number of carbonyl (C=O) groups is 1. The molecule has 0 spiro atoms. The first-order chi connectivity index (χ1) is 12.6. The van der Waals surface area contributed by atoms with Crippen LogP contribution in [0.25, 0.3) is 0 Å². The van der Waals surface area contributed by atoms with Crippen LogP contribution in [0.15, 0.2) is 59.2 Å². The minimum absolute atomic E-state index is 0.0412. The molecule has 0 atom stereocenters. The Bertz CT molecular complexity index is 991. The third-order valence-electron chi connectivity index (χ3n) is 3.23. The van der Waals surface area contributed by atoms with Gasteiger partial charge < -0.3 is 14.5 Å². The van der Waals surface area contributed by atoms with Crippen molar-refractivity contribution < 1.29 is 18.9 Å². The second-order valence-corrected chi connectivity index (χ2v) is 4.94. The van der Waals surface area contributed by atoms with Gasteiger partial charge in [0.15, 0.2) is 5.76 Å². The number of carbonyl (C=O) groups excluding carboxylic acids is 1. The molecule has 3 aromatic rings. The van der Waals surface area contributed by atoms with Gasteiger partial charge in [0.25, 0.3) is 5.91 Å². The van der Waals surface area contributed by atoms with Gasteiger partial charge in [0, 0.05) is 17.8 Å². The first-order valence-corrected chi connectivity index (χ1v) is 7.25. The maximum absolute atomic E-state index is 11.9. The fourth-order valence-electron chi connectivity index (χ4n) is 2.05. The Labute approximate surface area is 146 Å². The quantitative estimate of drug-likeness (QED) is 0.550. The van der Waals surface area contributed by atoms with Crippen LogP contribution in [-0.4, -0.2) is 15.8 Å². The third-order valence-corrected chi connectivity index (χ3v) is 3.23. The molecule has 0 saturated carbocycles. The van der Waals surface area contributed by atoms with Crippen LogP contribution in [0.5, 0.6) is 11.6 Å². The van der Waals surface area contributed by atoms with Crippen LogP contribution in [0.3, 0.4) is 0 Å². The number of hydrogen-bond donors (Lipinski definition) is 1. The number of nitrogens with one attached hydrogen (secondary N) is 1. The lowest BCUT2D eigenvalue weighted by Gasteiger charge is -2.07. The SMILES string of the molecule is N#Cc1nc(Oc2ccc(NC(=O)c3ccco3)cc2)ccc1[N+](=O)[O-]. The van der Waals surface area contributed by atoms with Gasteiger partial charge in [-0.05, 0) is 36.4 Å². The van der Waals surface area contributed by atoms with E-state index >= 15 is 0 Å². The Balaban J connectivity index is 1.71. The summed E-state index contributed by atoms with van der Waals surface area (Å²) in [7, 11) is 0. The zero-order valence-corrected chi connectivity index (χ0v) is 13.1. The summed E-state index contributed by atoms with van der Waals surface area (Å²) in [5.74, 6) is 0.217. The summed E-state index contributed by atoms with van der Waals surface area (Å²) in [4.78, 5) is 25.8. The summed E-state index contributed by atoms with van der Waals surface area (Å²) < 4.78 is 10.5. The number of pyridine rings is 1. The summed E-state index contributed by atoms with van der Waals surface area (Å²) in [6, 6.07) is 13.6. The number of nitriles is 1. The highest BCUT2D eigenvalue weighted by Crippen LogP contribution is 2.25. The highest BCUT2D eigenvalue weighted by molar-refractivity contribution is 6.02. The summed E-state index contributed by atoms with van der Waals surface area (Å²) in [6.07, 6.45) is 1.40. The average molecular weight is 350 g/mol. The summed E-state index contributed by atoms with van der Waals surface area (Å²) in [6.45, 7) is 0. The van der Waals surface area contributed by atoms with Crippen LogP contribution < -0.4 is 10.1 Å². The van der Waals surface area contributed by atoms with E-state index in [1.165, 1.54) is 12.3 Å². The Morgan fingerprint density at radius 3 is 2.62 bits per heavy atom. The van der Waals surface area contributed by atoms with Gasteiger partial charge in [-0.2, -0.15) is 10.2 Å². The monoisotopic (exact) mass is 350 g/mol. The van der Waals surface area contributed by atoms with Crippen LogP contribution in [0.1, 0.15) is 16.2 Å². The van der Waals surface area contributed by atoms with Crippen molar-refractivity contribution in [3.05, 3.63) is 76.4 Å². The molecule has 0 saturated heterocycles. The molecule has 0 aliphatic rings. The number of hydrogen-bond acceptors (Lipinski definition) is 7. The fourth-order valence-corrected chi connectivity index (χ4v) is 2.05. The summed E-state index contributed by atoms with van der Waals surface area (Å²) in [5.41, 5.74) is -0.209. The minimum atomic E-state index is -0.689. The molecular formula is C17H10N4O5. The molecule has 0 unspecified atom stereocenters. The molecule has 26 heavy (non-hydrogen) atoms. The van der Waals surface area contributed by atoms with Crippen LogP contribution >= 0.6 is 0 Å². The maximum Gasteiger partial charge on any atom is 0.305 e. The molecule has 9 nitrogen and oxygen atoms in total. The Morgan fingerprint density at radius 1 is 1.23 bits per heavy atom. The molecule has 1 N–H and O–H groups in total. The summed E-state index contributed by atoms with van der Waals surface area (Å²) in [5, 5.41) is 22.4. The van der Waals surface area contributed by atoms with Gasteiger partial charge in [-0.15, -0.1) is 0 Å². The minimum Gasteiger partial charge on any atom is -0.459 e. The van der Waals surface area contributed by atoms with E-state index in [9.17, 15) is 14.9 Å². The van der Waals surface area contributed by atoms with Crippen molar-refractivity contribution in [2.75, 3.05) is 5.32 Å². The number of anilines is 1. The van der Waals surface area contributed by atoms with Crippen LogP contribution in [-0.2, 0) is 0 Å². The van der Waals surface area contributed by atoms with Crippen molar-refractivity contribution in [3.8, 4) is 17.7 Å². The predicted molar refractivity (Wildman–Crippen MR) is 88.8 cm³/mol. The van der Waals surface area contributed by atoms with Gasteiger partial charge in [0.2, 0.25) is 11.6 Å². The van der Waals surface area contributed by atoms with Crippen LogP contribution in [0.4, 0.5) is 11.4 Å². The average Bonchev–Trinajstić information content (AvgIpc) is 3.18. The zero-order valence-electron chi connectivity index (χ0n) is 13.1. The van der Waals surface area contributed by atoms with Gasteiger partial charge in [-0.1, -0.05) is 0 Å². The first kappa shape index (κ1) is 16.7. The molecule has 0 aliphatic heterocycles. The largest absolute Gasteiger partial charge is 0.459 e. The number of aromatic nitrogens is 1. The molecule has 1 amide bonds. The predicted octanol–water partition coefficient (Wildman–Crippen LogP) is 3.50. The first-order valence-electron chi connectivity index (χ1n) is 7.25. The number of nitro groups is 1. The van der Waals surface area contributed by atoms with Gasteiger partial charge in [0.1, 0.15) is 11.8 Å². The molecule has 2 heterocycles. The molecule has 0 radical (unpaired) electrons. The molecule has 128 valence electrons. The molecule has 0 bridgehead atoms. The standard InChI is InChI=1S/C17H10N4O5/c18-10-13-14(21(23)24)7-8-16(20-13)26-12-5-3-11(4-6-12)19-17(22)15-2-1-9-25-15/h1-9H,(H,19,22). The second-order valence-electron chi connectivity index (χ2n) is 4.94. The van der Waals surface area contributed by atoms with E-state index in [4.69, 9.17) is 14.4 Å². The molecule has 9 heteroatoms. The molecule has 2 aromatic heterocycles. The van der Waals surface area contributed by atoms with Crippen molar-refractivity contribution in [2.24, 2.45) is 0 Å². The van der Waals surface area contributed by atoms with E-state index in [1.807, 2.05) is 0 Å². The van der Waals surface area contributed by atoms with Gasteiger partial charge in [-0.25, -0.2) is 0 Å². The molecular weight excluding hydrogens is 340 g/mol. The van der Waals surface area contributed by atoms with E-state index in [0.29, 0.717) is 11.4 Å². The molecule has 1 aromatic carbocycles. The van der Waals surface area contributed by atoms with Gasteiger partial charge >= 0.3 is 5.69 Å². The van der Waals surface area contributed by atoms with Crippen LogP contribution in [0.2, 0.25) is 0 Å². The lowest BCUT2D eigenvalue weighted by molar-refractivity contribution is -0.385. The lowest BCUT2D eigenvalue weighted by Crippen LogP contribution is -2.10. The van der Waals surface area contributed by atoms with E-state index in [1.54, 1.807) is 42.5 Å². The van der Waals surface area contributed by atoms with E-state index in [-0.39, 0.29) is 23.2 Å². The van der Waals surface area contributed by atoms with Crippen molar-refractivity contribution in [1.29, 1.82) is 5.26 Å². The van der Waals surface area contributed by atoms with Crippen molar-refractivity contribution >= 4 is 17.3 Å². The van der Waals surface area contributed by atoms with Gasteiger partial charge in [-0.3, -0.25) is 14.9 Å². The maximum atomic E-state index is 11.9. The topological polar surface area (TPSA) is 131 Å². The number of benzene rings is 1. The molecule has 3 rings (SSSR count). The number of rotatable bonds is 5. The number of nitrogens with zero attached hydrogens (tertiary/aromatic N) is 3. The molecule has 0 fully saturated rings. The van der Waals surface area contributed by atoms with Crippen LogP contribution in [0, 0.1) is 21.4 Å². The van der Waals surface area contributed by atoms with E-state index in [0.717, 1.165) is 6.07 Å². The third kappa shape index (κ3) is 3.65. The second kappa shape index (κ2) is 7.14. The van der Waals surface area contributed by atoms with E-state index in [2.05, 4.69) is 10.3 Å². The normalized spacial score (nSPS) is 9.96. The summed E-state index contributed by atoms with van der Waals surface area (Å²) >= 11 is 0. The highest BCUT2D eigenvalue weighted by Gasteiger charge is 2.16. The van der Waals surface area contributed by atoms with Crippen molar-refractivity contribution in [1.82, 2.24) is 4.98 Å².